The Morgan fingerprint density at radius 1 is 1.39 bits per heavy atom. The molecule has 1 aromatic heterocycles. The SMILES string of the molecule is O=C(NC(CF)C(=O)O)c1cc(C2CC2)nc2ccc(Cl)cc12. The molecule has 1 amide bonds. The second-order valence-corrected chi connectivity index (χ2v) is 5.99. The first kappa shape index (κ1) is 15.7. The van der Waals surface area contributed by atoms with Gasteiger partial charge in [0.25, 0.3) is 5.91 Å². The van der Waals surface area contributed by atoms with Crippen molar-refractivity contribution in [1.82, 2.24) is 10.3 Å². The van der Waals surface area contributed by atoms with Crippen molar-refractivity contribution in [2.24, 2.45) is 0 Å². The summed E-state index contributed by atoms with van der Waals surface area (Å²) in [6.45, 7) is -1.18. The first-order valence-electron chi connectivity index (χ1n) is 7.19. The highest BCUT2D eigenvalue weighted by Crippen LogP contribution is 2.40. The average molecular weight is 337 g/mol. The lowest BCUT2D eigenvalue weighted by Crippen LogP contribution is -2.42. The van der Waals surface area contributed by atoms with Gasteiger partial charge in [-0.25, -0.2) is 9.18 Å². The van der Waals surface area contributed by atoms with Gasteiger partial charge in [0.1, 0.15) is 6.67 Å². The van der Waals surface area contributed by atoms with Crippen LogP contribution in [0.25, 0.3) is 10.9 Å². The lowest BCUT2D eigenvalue weighted by molar-refractivity contribution is -0.139. The van der Waals surface area contributed by atoms with Crippen molar-refractivity contribution in [3.8, 4) is 0 Å². The van der Waals surface area contributed by atoms with Gasteiger partial charge in [-0.2, -0.15) is 0 Å². The smallest absolute Gasteiger partial charge is 0.328 e. The summed E-state index contributed by atoms with van der Waals surface area (Å²) in [4.78, 5) is 27.9. The summed E-state index contributed by atoms with van der Waals surface area (Å²) in [5, 5.41) is 12.0. The molecule has 2 N–H and O–H groups in total. The first-order valence-corrected chi connectivity index (χ1v) is 7.57. The van der Waals surface area contributed by atoms with Crippen LogP contribution in [-0.2, 0) is 4.79 Å². The molecule has 2 aromatic rings. The number of aliphatic carboxylic acids is 1. The monoisotopic (exact) mass is 336 g/mol. The molecular formula is C16H14ClFN2O3. The summed E-state index contributed by atoms with van der Waals surface area (Å²) >= 11 is 5.98. The number of alkyl halides is 1. The molecule has 1 heterocycles. The van der Waals surface area contributed by atoms with Crippen LogP contribution in [-0.4, -0.2) is 34.7 Å². The number of aromatic nitrogens is 1. The van der Waals surface area contributed by atoms with Crippen molar-refractivity contribution >= 4 is 34.4 Å². The minimum absolute atomic E-state index is 0.263. The highest BCUT2D eigenvalue weighted by atomic mass is 35.5. The maximum absolute atomic E-state index is 12.8. The Bertz CT molecular complexity index is 792. The fourth-order valence-corrected chi connectivity index (χ4v) is 2.57. The molecule has 23 heavy (non-hydrogen) atoms. The van der Waals surface area contributed by atoms with Crippen LogP contribution >= 0.6 is 11.6 Å². The van der Waals surface area contributed by atoms with Gasteiger partial charge in [0.2, 0.25) is 0 Å². The van der Waals surface area contributed by atoms with Crippen LogP contribution in [0.15, 0.2) is 24.3 Å². The number of benzene rings is 1. The maximum Gasteiger partial charge on any atom is 0.328 e. The second-order valence-electron chi connectivity index (χ2n) is 5.55. The molecule has 1 saturated carbocycles. The molecule has 1 fully saturated rings. The number of hydrogen-bond acceptors (Lipinski definition) is 3. The summed E-state index contributed by atoms with van der Waals surface area (Å²) < 4.78 is 12.8. The van der Waals surface area contributed by atoms with E-state index in [1.54, 1.807) is 24.3 Å². The van der Waals surface area contributed by atoms with E-state index >= 15 is 0 Å². The zero-order chi connectivity index (χ0) is 16.6. The van der Waals surface area contributed by atoms with Gasteiger partial charge in [-0.1, -0.05) is 11.6 Å². The number of pyridine rings is 1. The van der Waals surface area contributed by atoms with Gasteiger partial charge >= 0.3 is 5.97 Å². The molecule has 0 saturated heterocycles. The molecule has 0 aliphatic heterocycles. The normalized spacial score (nSPS) is 15.4. The molecule has 1 aliphatic carbocycles. The largest absolute Gasteiger partial charge is 0.480 e. The van der Waals surface area contributed by atoms with Crippen molar-refractivity contribution in [1.29, 1.82) is 0 Å². The van der Waals surface area contributed by atoms with Crippen LogP contribution in [0, 0.1) is 0 Å². The van der Waals surface area contributed by atoms with Gasteiger partial charge in [-0.3, -0.25) is 9.78 Å². The first-order chi connectivity index (χ1) is 11.0. The van der Waals surface area contributed by atoms with E-state index in [0.717, 1.165) is 18.5 Å². The molecule has 1 aromatic carbocycles. The van der Waals surface area contributed by atoms with Crippen molar-refractivity contribution in [3.63, 3.8) is 0 Å². The van der Waals surface area contributed by atoms with Crippen LogP contribution in [0.4, 0.5) is 4.39 Å². The number of fused-ring (bicyclic) bond motifs is 1. The van der Waals surface area contributed by atoms with Crippen LogP contribution in [0.3, 0.4) is 0 Å². The van der Waals surface area contributed by atoms with Crippen molar-refractivity contribution < 1.29 is 19.1 Å². The standard InChI is InChI=1S/C16H14ClFN2O3/c17-9-3-4-12-10(5-9)11(6-13(19-12)8-1-2-8)15(21)20-14(7-18)16(22)23/h3-6,8,14H,1-2,7H2,(H,20,21)(H,22,23). The molecule has 0 bridgehead atoms. The number of amides is 1. The predicted octanol–water partition coefficient (Wildman–Crippen LogP) is 2.92. The molecule has 120 valence electrons. The Morgan fingerprint density at radius 2 is 2.13 bits per heavy atom. The van der Waals surface area contributed by atoms with Crippen LogP contribution in [0.5, 0.6) is 0 Å². The minimum Gasteiger partial charge on any atom is -0.480 e. The number of rotatable bonds is 5. The summed E-state index contributed by atoms with van der Waals surface area (Å²) in [5.74, 6) is -1.75. The van der Waals surface area contributed by atoms with Crippen molar-refractivity contribution in [3.05, 3.63) is 40.5 Å². The minimum atomic E-state index is -1.57. The number of nitrogens with zero attached hydrogens (tertiary/aromatic N) is 1. The Hall–Kier alpha value is -2.21. The molecule has 1 aliphatic rings. The highest BCUT2D eigenvalue weighted by molar-refractivity contribution is 6.31. The molecule has 0 spiro atoms. The highest BCUT2D eigenvalue weighted by Gasteiger charge is 2.28. The third-order valence-corrected chi connectivity index (χ3v) is 4.02. The molecule has 5 nitrogen and oxygen atoms in total. The second kappa shape index (κ2) is 6.12. The van der Waals surface area contributed by atoms with Crippen LogP contribution in [0.1, 0.15) is 34.8 Å². The van der Waals surface area contributed by atoms with Gasteiger partial charge in [0, 0.05) is 22.0 Å². The molecule has 1 unspecified atom stereocenters. The maximum atomic E-state index is 12.8. The van der Waals surface area contributed by atoms with Crippen molar-refractivity contribution in [2.75, 3.05) is 6.67 Å². The number of carboxylic acid groups (broad SMARTS) is 1. The Balaban J connectivity index is 2.05. The average Bonchev–Trinajstić information content (AvgIpc) is 3.35. The zero-order valence-corrected chi connectivity index (χ0v) is 12.8. The predicted molar refractivity (Wildman–Crippen MR) is 83.6 cm³/mol. The van der Waals surface area contributed by atoms with E-state index < -0.39 is 24.6 Å². The Labute approximate surface area is 136 Å². The Morgan fingerprint density at radius 3 is 2.74 bits per heavy atom. The lowest BCUT2D eigenvalue weighted by atomic mass is 10.0. The fourth-order valence-electron chi connectivity index (χ4n) is 2.40. The van der Waals surface area contributed by atoms with E-state index in [2.05, 4.69) is 10.3 Å². The third kappa shape index (κ3) is 3.27. The number of carbonyl (C=O) groups excluding carboxylic acids is 1. The summed E-state index contributed by atoms with van der Waals surface area (Å²) in [6.07, 6.45) is 2.02. The van der Waals surface area contributed by atoms with Crippen molar-refractivity contribution in [2.45, 2.75) is 24.8 Å². The summed E-state index contributed by atoms with van der Waals surface area (Å²) in [7, 11) is 0. The van der Waals surface area contributed by atoms with Crippen LogP contribution in [0.2, 0.25) is 5.02 Å². The van der Waals surface area contributed by atoms with E-state index in [0.29, 0.717) is 21.8 Å². The van der Waals surface area contributed by atoms with E-state index in [-0.39, 0.29) is 5.56 Å². The van der Waals surface area contributed by atoms with Gasteiger partial charge in [-0.15, -0.1) is 0 Å². The number of carbonyl (C=O) groups is 2. The van der Waals surface area contributed by atoms with E-state index in [4.69, 9.17) is 16.7 Å². The fraction of sp³-hybridized carbons (Fsp3) is 0.312. The molecule has 1 atom stereocenters. The van der Waals surface area contributed by atoms with Crippen LogP contribution < -0.4 is 5.32 Å². The molecule has 7 heteroatoms. The quantitative estimate of drug-likeness (QED) is 0.880. The summed E-state index contributed by atoms with van der Waals surface area (Å²) in [6, 6.07) is 5.05. The summed E-state index contributed by atoms with van der Waals surface area (Å²) in [5.41, 5.74) is 1.66. The number of hydrogen-bond donors (Lipinski definition) is 2. The molecular weight excluding hydrogens is 323 g/mol. The number of halogens is 2. The van der Waals surface area contributed by atoms with Gasteiger partial charge < -0.3 is 10.4 Å². The van der Waals surface area contributed by atoms with Gasteiger partial charge in [0.15, 0.2) is 6.04 Å². The van der Waals surface area contributed by atoms with Gasteiger partial charge in [0.05, 0.1) is 11.1 Å². The Kier molecular flexibility index (Phi) is 4.17. The number of carboxylic acids is 1. The zero-order valence-electron chi connectivity index (χ0n) is 12.1. The van der Waals surface area contributed by atoms with E-state index in [1.165, 1.54) is 0 Å². The van der Waals surface area contributed by atoms with E-state index in [9.17, 15) is 14.0 Å². The van der Waals surface area contributed by atoms with E-state index in [1.807, 2.05) is 0 Å². The third-order valence-electron chi connectivity index (χ3n) is 3.79. The molecule has 0 radical (unpaired) electrons. The molecule has 3 rings (SSSR count). The topological polar surface area (TPSA) is 79.3 Å². The number of nitrogens with one attached hydrogen (secondary N) is 1. The van der Waals surface area contributed by atoms with Gasteiger partial charge in [-0.05, 0) is 37.1 Å². The lowest BCUT2D eigenvalue weighted by Gasteiger charge is -2.13.